The lowest BCUT2D eigenvalue weighted by atomic mass is 9.81. The minimum atomic E-state index is 0.446. The van der Waals surface area contributed by atoms with E-state index in [1.807, 2.05) is 0 Å². The molecule has 0 bridgehead atoms. The Balaban J connectivity index is 1.19. The Kier molecular flexibility index (Phi) is 6.99. The van der Waals surface area contributed by atoms with Crippen LogP contribution in [0.25, 0.3) is 33.4 Å². The zero-order valence-electron chi connectivity index (χ0n) is 28.8. The molecular formula is C46H43N. The molecule has 0 radical (unpaired) electrons. The molecule has 232 valence electrons. The van der Waals surface area contributed by atoms with Crippen molar-refractivity contribution >= 4 is 17.1 Å². The molecule has 0 amide bonds. The van der Waals surface area contributed by atoms with E-state index in [1.54, 1.807) is 0 Å². The Hall–Kier alpha value is -4.88. The van der Waals surface area contributed by atoms with Gasteiger partial charge in [0, 0.05) is 23.0 Å². The predicted octanol–water partition coefficient (Wildman–Crippen LogP) is 12.6. The Morgan fingerprint density at radius 1 is 0.468 bits per heavy atom. The molecule has 47 heavy (non-hydrogen) atoms. The van der Waals surface area contributed by atoms with Crippen LogP contribution in [0.3, 0.4) is 0 Å². The lowest BCUT2D eigenvalue weighted by Gasteiger charge is -2.29. The van der Waals surface area contributed by atoms with E-state index >= 15 is 0 Å². The largest absolute Gasteiger partial charge is 0.310 e. The first-order chi connectivity index (χ1) is 22.7. The van der Waals surface area contributed by atoms with Crippen molar-refractivity contribution in [3.8, 4) is 33.4 Å². The van der Waals surface area contributed by atoms with Gasteiger partial charge in [-0.1, -0.05) is 90.3 Å². The minimum Gasteiger partial charge on any atom is -0.310 e. The minimum absolute atomic E-state index is 0.446. The quantitative estimate of drug-likeness (QED) is 0.192. The summed E-state index contributed by atoms with van der Waals surface area (Å²) in [7, 11) is 0. The summed E-state index contributed by atoms with van der Waals surface area (Å²) in [4.78, 5) is 2.42. The summed E-state index contributed by atoms with van der Waals surface area (Å²) in [5.74, 6) is 0.446. The molecule has 6 aromatic carbocycles. The van der Waals surface area contributed by atoms with Gasteiger partial charge in [0.25, 0.3) is 0 Å². The highest BCUT2D eigenvalue weighted by Gasteiger charge is 2.30. The third-order valence-corrected chi connectivity index (χ3v) is 10.7. The summed E-state index contributed by atoms with van der Waals surface area (Å²) in [5.41, 5.74) is 25.6. The molecule has 1 heteroatoms. The van der Waals surface area contributed by atoms with Gasteiger partial charge in [0.05, 0.1) is 0 Å². The zero-order valence-corrected chi connectivity index (χ0v) is 28.8. The number of nitrogens with zero attached hydrogens (tertiary/aromatic N) is 1. The third kappa shape index (κ3) is 4.92. The van der Waals surface area contributed by atoms with Crippen molar-refractivity contribution in [3.63, 3.8) is 0 Å². The van der Waals surface area contributed by atoms with E-state index in [0.717, 1.165) is 12.8 Å². The zero-order chi connectivity index (χ0) is 32.6. The second kappa shape index (κ2) is 11.1. The SMILES string of the molecule is Cc1ccc(N(c2ccc(-c3ccc4c(c3)-c3cc5c(cc3CC4)C(C)c3cc(C)cc(C)c3-5)cc2)c2ccc(C)cc2C)c(C)c1. The summed E-state index contributed by atoms with van der Waals surface area (Å²) >= 11 is 0. The van der Waals surface area contributed by atoms with Crippen molar-refractivity contribution in [2.24, 2.45) is 0 Å². The third-order valence-electron chi connectivity index (χ3n) is 10.7. The highest BCUT2D eigenvalue weighted by Crippen LogP contribution is 2.50. The molecule has 0 aliphatic heterocycles. The molecule has 2 aliphatic carbocycles. The van der Waals surface area contributed by atoms with Crippen molar-refractivity contribution in [1.29, 1.82) is 0 Å². The van der Waals surface area contributed by atoms with Crippen molar-refractivity contribution in [2.45, 2.75) is 67.2 Å². The molecule has 0 saturated carbocycles. The van der Waals surface area contributed by atoms with Gasteiger partial charge >= 0.3 is 0 Å². The molecule has 0 saturated heterocycles. The molecule has 1 unspecified atom stereocenters. The number of rotatable bonds is 4. The Morgan fingerprint density at radius 3 is 1.72 bits per heavy atom. The first-order valence-electron chi connectivity index (χ1n) is 17.1. The highest BCUT2D eigenvalue weighted by molar-refractivity contribution is 5.89. The number of fused-ring (bicyclic) bond motifs is 6. The van der Waals surface area contributed by atoms with Crippen LogP contribution in [0.15, 0.2) is 103 Å². The second-order valence-electron chi connectivity index (χ2n) is 14.2. The molecule has 0 N–H and O–H groups in total. The van der Waals surface area contributed by atoms with Gasteiger partial charge in [-0.2, -0.15) is 0 Å². The standard InChI is InChI=1S/C46H43N/c1-27-8-18-44(30(4)20-27)47(45-19-9-28(2)21-31(45)5)38-16-14-34(15-17-38)36-12-10-35-11-13-37-25-39-33(7)40-23-29(3)22-32(6)46(40)43(39)26-42(37)41(35)24-36/h8-10,12,14-26,33H,11,13H2,1-7H3. The van der Waals surface area contributed by atoms with Gasteiger partial charge in [0.1, 0.15) is 0 Å². The van der Waals surface area contributed by atoms with Crippen LogP contribution in [-0.4, -0.2) is 0 Å². The summed E-state index contributed by atoms with van der Waals surface area (Å²) in [6.07, 6.45) is 2.21. The fourth-order valence-corrected chi connectivity index (χ4v) is 8.39. The van der Waals surface area contributed by atoms with Crippen LogP contribution in [0.5, 0.6) is 0 Å². The van der Waals surface area contributed by atoms with Crippen LogP contribution in [0, 0.1) is 41.5 Å². The van der Waals surface area contributed by atoms with Gasteiger partial charge in [-0.05, 0) is 163 Å². The van der Waals surface area contributed by atoms with Crippen LogP contribution in [0.1, 0.15) is 68.5 Å². The molecular weight excluding hydrogens is 567 g/mol. The summed E-state index contributed by atoms with van der Waals surface area (Å²) in [5, 5.41) is 0. The lowest BCUT2D eigenvalue weighted by molar-refractivity contribution is 0.917. The number of aryl methyl sites for hydroxylation is 8. The fraction of sp³-hybridized carbons (Fsp3) is 0.217. The number of benzene rings is 6. The van der Waals surface area contributed by atoms with Gasteiger partial charge in [-0.15, -0.1) is 0 Å². The maximum absolute atomic E-state index is 2.53. The maximum atomic E-state index is 2.53. The van der Waals surface area contributed by atoms with E-state index < -0.39 is 0 Å². The number of hydrogen-bond donors (Lipinski definition) is 0. The molecule has 8 rings (SSSR count). The van der Waals surface area contributed by atoms with E-state index in [9.17, 15) is 0 Å². The van der Waals surface area contributed by atoms with Gasteiger partial charge in [0.15, 0.2) is 0 Å². The van der Waals surface area contributed by atoms with E-state index in [2.05, 4.69) is 156 Å². The predicted molar refractivity (Wildman–Crippen MR) is 201 cm³/mol. The van der Waals surface area contributed by atoms with E-state index in [-0.39, 0.29) is 0 Å². The van der Waals surface area contributed by atoms with Gasteiger partial charge in [0.2, 0.25) is 0 Å². The lowest BCUT2D eigenvalue weighted by Crippen LogP contribution is -2.13. The molecule has 0 heterocycles. The molecule has 6 aromatic rings. The Morgan fingerprint density at radius 2 is 1.06 bits per heavy atom. The summed E-state index contributed by atoms with van der Waals surface area (Å²) in [6.45, 7) is 15.7. The molecule has 0 fully saturated rings. The van der Waals surface area contributed by atoms with E-state index in [0.29, 0.717) is 5.92 Å². The van der Waals surface area contributed by atoms with Gasteiger partial charge in [-0.3, -0.25) is 0 Å². The molecule has 1 nitrogen and oxygen atoms in total. The molecule has 2 aliphatic rings. The van der Waals surface area contributed by atoms with Crippen LogP contribution in [0.2, 0.25) is 0 Å². The monoisotopic (exact) mass is 609 g/mol. The summed E-state index contributed by atoms with van der Waals surface area (Å²) in [6, 6.07) is 39.6. The van der Waals surface area contributed by atoms with E-state index in [4.69, 9.17) is 0 Å². The fourth-order valence-electron chi connectivity index (χ4n) is 8.39. The van der Waals surface area contributed by atoms with Crippen LogP contribution in [-0.2, 0) is 12.8 Å². The second-order valence-corrected chi connectivity index (χ2v) is 14.2. The van der Waals surface area contributed by atoms with Crippen LogP contribution < -0.4 is 4.90 Å². The molecule has 1 atom stereocenters. The van der Waals surface area contributed by atoms with Gasteiger partial charge in [-0.25, -0.2) is 0 Å². The van der Waals surface area contributed by atoms with Crippen molar-refractivity contribution in [1.82, 2.24) is 0 Å². The highest BCUT2D eigenvalue weighted by atomic mass is 15.1. The normalized spacial score (nSPS) is 14.3. The van der Waals surface area contributed by atoms with Crippen molar-refractivity contribution in [2.75, 3.05) is 4.90 Å². The number of anilines is 3. The van der Waals surface area contributed by atoms with Gasteiger partial charge < -0.3 is 4.90 Å². The number of hydrogen-bond acceptors (Lipinski definition) is 1. The Labute approximate surface area is 280 Å². The van der Waals surface area contributed by atoms with Crippen LogP contribution >= 0.6 is 0 Å². The topological polar surface area (TPSA) is 3.24 Å². The van der Waals surface area contributed by atoms with Crippen LogP contribution in [0.4, 0.5) is 17.1 Å². The Bertz CT molecular complexity index is 2160. The molecule has 0 aromatic heterocycles. The maximum Gasteiger partial charge on any atom is 0.0491 e. The summed E-state index contributed by atoms with van der Waals surface area (Å²) < 4.78 is 0. The average molecular weight is 610 g/mol. The average Bonchev–Trinajstić information content (AvgIpc) is 3.32. The first kappa shape index (κ1) is 29.5. The van der Waals surface area contributed by atoms with E-state index in [1.165, 1.54) is 106 Å². The molecule has 0 spiro atoms. The first-order valence-corrected chi connectivity index (χ1v) is 17.1. The van der Waals surface area contributed by atoms with Crippen molar-refractivity contribution in [3.05, 3.63) is 159 Å². The smallest absolute Gasteiger partial charge is 0.0491 e. The van der Waals surface area contributed by atoms with Crippen molar-refractivity contribution < 1.29 is 0 Å².